The summed E-state index contributed by atoms with van der Waals surface area (Å²) in [6.45, 7) is 4.77. The van der Waals surface area contributed by atoms with E-state index >= 15 is 0 Å². The lowest BCUT2D eigenvalue weighted by atomic mass is 9.52. The summed E-state index contributed by atoms with van der Waals surface area (Å²) in [7, 11) is 0. The van der Waals surface area contributed by atoms with Gasteiger partial charge in [0.2, 0.25) is 0 Å². The number of hydrogen-bond acceptors (Lipinski definition) is 2. The Hall–Kier alpha value is -8.98. The molecule has 0 bridgehead atoms. The van der Waals surface area contributed by atoms with Gasteiger partial charge < -0.3 is 9.32 Å². The number of para-hydroxylation sites is 2. The van der Waals surface area contributed by atoms with Crippen molar-refractivity contribution in [2.24, 2.45) is 0 Å². The van der Waals surface area contributed by atoms with Gasteiger partial charge in [0.25, 0.3) is 0 Å². The molecule has 0 N–H and O–H groups in total. The lowest BCUT2D eigenvalue weighted by Gasteiger charge is -2.49. The van der Waals surface area contributed by atoms with Crippen molar-refractivity contribution >= 4 is 39.0 Å². The highest BCUT2D eigenvalue weighted by atomic mass is 16.3. The van der Waals surface area contributed by atoms with E-state index in [9.17, 15) is 0 Å². The lowest BCUT2D eigenvalue weighted by molar-refractivity contribution is 0.633. The van der Waals surface area contributed by atoms with Gasteiger partial charge in [-0.25, -0.2) is 0 Å². The molecule has 0 saturated heterocycles. The summed E-state index contributed by atoms with van der Waals surface area (Å²) in [5.74, 6) is 0. The highest BCUT2D eigenvalue weighted by Gasteiger charge is 2.59. The standard InChI is InChI=1S/C71H47NO/c1-69(2)56-27-8-3-19-48(56)52-42-41-46(43-64(52)69)72(45-39-37-44(38-40-45)47-24-17-26-55-53-23-7-16-36-66(53)73-68(47)55)65-35-18-25-54-51-22-6-11-30-59(51)71(67(54)65)62-33-14-12-31-60(62)70(61-32-13-15-34-63(61)71)57-28-9-4-20-49(57)50-21-5-10-29-58(50)70/h3-43H,1-2H3. The van der Waals surface area contributed by atoms with Crippen LogP contribution >= 0.6 is 0 Å². The van der Waals surface area contributed by atoms with Crippen molar-refractivity contribution in [1.29, 1.82) is 0 Å². The Balaban J connectivity index is 0.984. The fourth-order valence-electron chi connectivity index (χ4n) is 14.5. The molecule has 12 aromatic rings. The Morgan fingerprint density at radius 2 is 0.753 bits per heavy atom. The summed E-state index contributed by atoms with van der Waals surface area (Å²) in [6, 6.07) is 93.7. The fourth-order valence-corrected chi connectivity index (χ4v) is 14.5. The summed E-state index contributed by atoms with van der Waals surface area (Å²) in [4.78, 5) is 2.56. The number of rotatable bonds is 4. The van der Waals surface area contributed by atoms with Crippen LogP contribution in [0, 0.1) is 0 Å². The van der Waals surface area contributed by atoms with Crippen molar-refractivity contribution < 1.29 is 4.42 Å². The quantitative estimate of drug-likeness (QED) is 0.175. The maximum Gasteiger partial charge on any atom is 0.143 e. The van der Waals surface area contributed by atoms with Gasteiger partial charge in [0.15, 0.2) is 0 Å². The SMILES string of the molecule is CC1(C)c2ccccc2-c2ccc(N(c3ccc(-c4cccc5c4oc4ccccc45)cc3)c3cccc4c3C3(c5ccccc5-4)c4ccccc4C4(c5ccccc5-c5ccccc54)c4ccccc43)cc21. The molecule has 16 rings (SSSR count). The number of benzene rings is 11. The Morgan fingerprint density at radius 3 is 1.40 bits per heavy atom. The van der Waals surface area contributed by atoms with E-state index in [0.717, 1.165) is 50.1 Å². The Bertz CT molecular complexity index is 4220. The second-order valence-corrected chi connectivity index (χ2v) is 21.0. The lowest BCUT2D eigenvalue weighted by Crippen LogP contribution is -2.44. The molecule has 2 spiro atoms. The molecular formula is C71H47NO. The van der Waals surface area contributed by atoms with Crippen LogP contribution in [0.5, 0.6) is 0 Å². The smallest absolute Gasteiger partial charge is 0.143 e. The Labute approximate surface area is 425 Å². The minimum absolute atomic E-state index is 0.192. The molecule has 1 aromatic heterocycles. The predicted octanol–water partition coefficient (Wildman–Crippen LogP) is 18.1. The molecular weight excluding hydrogens is 883 g/mol. The predicted molar refractivity (Wildman–Crippen MR) is 300 cm³/mol. The van der Waals surface area contributed by atoms with E-state index in [4.69, 9.17) is 4.42 Å². The largest absolute Gasteiger partial charge is 0.455 e. The minimum atomic E-state index is -0.686. The molecule has 73 heavy (non-hydrogen) atoms. The molecule has 0 amide bonds. The zero-order chi connectivity index (χ0) is 48.2. The van der Waals surface area contributed by atoms with Crippen LogP contribution in [0.25, 0.3) is 66.4 Å². The average Bonchev–Trinajstić information content (AvgIpc) is 4.16. The first kappa shape index (κ1) is 40.7. The third-order valence-corrected chi connectivity index (χ3v) is 17.4. The molecule has 2 heteroatoms. The number of anilines is 3. The number of fused-ring (bicyclic) bond motifs is 22. The summed E-state index contributed by atoms with van der Waals surface area (Å²) >= 11 is 0. The van der Waals surface area contributed by atoms with Gasteiger partial charge in [0, 0.05) is 38.7 Å². The van der Waals surface area contributed by atoms with E-state index in [2.05, 4.69) is 261 Å². The van der Waals surface area contributed by atoms with E-state index in [1.54, 1.807) is 0 Å². The molecule has 0 radical (unpaired) electrons. The molecule has 2 nitrogen and oxygen atoms in total. The normalized spacial score (nSPS) is 15.0. The van der Waals surface area contributed by atoms with Gasteiger partial charge in [-0.3, -0.25) is 0 Å². The molecule has 11 aromatic carbocycles. The van der Waals surface area contributed by atoms with Crippen LogP contribution < -0.4 is 4.90 Å². The Kier molecular flexibility index (Phi) is 8.12. The molecule has 0 unspecified atom stereocenters. The van der Waals surface area contributed by atoms with Crippen LogP contribution in [0.4, 0.5) is 17.1 Å². The molecule has 0 aliphatic heterocycles. The zero-order valence-electron chi connectivity index (χ0n) is 40.5. The van der Waals surface area contributed by atoms with E-state index < -0.39 is 10.8 Å². The highest BCUT2D eigenvalue weighted by Crippen LogP contribution is 2.69. The van der Waals surface area contributed by atoms with Crippen LogP contribution in [0.3, 0.4) is 0 Å². The third kappa shape index (κ3) is 5.08. The van der Waals surface area contributed by atoms with Crippen LogP contribution in [0.1, 0.15) is 69.5 Å². The first-order valence-electron chi connectivity index (χ1n) is 25.7. The summed E-state index contributed by atoms with van der Waals surface area (Å²) in [5.41, 5.74) is 27.0. The van der Waals surface area contributed by atoms with E-state index in [1.165, 1.54) is 89.0 Å². The van der Waals surface area contributed by atoms with Crippen LogP contribution in [-0.4, -0.2) is 0 Å². The van der Waals surface area contributed by atoms with Gasteiger partial charge in [-0.05, 0) is 125 Å². The molecule has 0 atom stereocenters. The topological polar surface area (TPSA) is 16.4 Å². The van der Waals surface area contributed by atoms with Crippen LogP contribution in [0.2, 0.25) is 0 Å². The van der Waals surface area contributed by atoms with Crippen LogP contribution in [0.15, 0.2) is 253 Å². The van der Waals surface area contributed by atoms with Crippen molar-refractivity contribution in [3.05, 3.63) is 304 Å². The first-order chi connectivity index (χ1) is 36.0. The van der Waals surface area contributed by atoms with Crippen molar-refractivity contribution in [3.63, 3.8) is 0 Å². The maximum atomic E-state index is 6.61. The summed E-state index contributed by atoms with van der Waals surface area (Å²) in [6.07, 6.45) is 0. The second-order valence-electron chi connectivity index (χ2n) is 21.0. The monoisotopic (exact) mass is 929 g/mol. The van der Waals surface area contributed by atoms with Crippen molar-refractivity contribution in [2.45, 2.75) is 30.1 Å². The number of hydrogen-bond donors (Lipinski definition) is 0. The second kappa shape index (κ2) is 14.6. The minimum Gasteiger partial charge on any atom is -0.455 e. The molecule has 0 fully saturated rings. The maximum absolute atomic E-state index is 6.61. The summed E-state index contributed by atoms with van der Waals surface area (Å²) < 4.78 is 6.61. The molecule has 4 aliphatic carbocycles. The van der Waals surface area contributed by atoms with E-state index in [1.807, 2.05) is 6.07 Å². The first-order valence-corrected chi connectivity index (χ1v) is 25.7. The van der Waals surface area contributed by atoms with Crippen molar-refractivity contribution in [2.75, 3.05) is 4.90 Å². The van der Waals surface area contributed by atoms with E-state index in [0.29, 0.717) is 0 Å². The average molecular weight is 930 g/mol. The van der Waals surface area contributed by atoms with Gasteiger partial charge in [-0.15, -0.1) is 0 Å². The molecule has 4 aliphatic rings. The number of nitrogens with zero attached hydrogens (tertiary/aromatic N) is 1. The van der Waals surface area contributed by atoms with Crippen molar-refractivity contribution in [1.82, 2.24) is 0 Å². The van der Waals surface area contributed by atoms with Crippen LogP contribution in [-0.2, 0) is 16.2 Å². The summed E-state index contributed by atoms with van der Waals surface area (Å²) in [5, 5.41) is 2.26. The van der Waals surface area contributed by atoms with Gasteiger partial charge in [-0.1, -0.05) is 226 Å². The fraction of sp³-hybridized carbons (Fsp3) is 0.0704. The van der Waals surface area contributed by atoms with Gasteiger partial charge in [0.05, 0.1) is 16.5 Å². The third-order valence-electron chi connectivity index (χ3n) is 17.4. The molecule has 342 valence electrons. The van der Waals surface area contributed by atoms with Crippen molar-refractivity contribution in [3.8, 4) is 44.5 Å². The molecule has 1 heterocycles. The van der Waals surface area contributed by atoms with Gasteiger partial charge in [0.1, 0.15) is 11.2 Å². The zero-order valence-corrected chi connectivity index (χ0v) is 40.5. The number of furan rings is 1. The van der Waals surface area contributed by atoms with Gasteiger partial charge in [-0.2, -0.15) is 0 Å². The van der Waals surface area contributed by atoms with Gasteiger partial charge >= 0.3 is 0 Å². The Morgan fingerprint density at radius 1 is 0.315 bits per heavy atom. The highest BCUT2D eigenvalue weighted by molar-refractivity contribution is 6.09. The molecule has 0 saturated carbocycles. The van der Waals surface area contributed by atoms with E-state index in [-0.39, 0.29) is 5.41 Å².